The van der Waals surface area contributed by atoms with Crippen molar-refractivity contribution in [2.75, 3.05) is 0 Å². The zero-order valence-electron chi connectivity index (χ0n) is 11.7. The van der Waals surface area contributed by atoms with E-state index in [0.717, 1.165) is 5.56 Å². The van der Waals surface area contributed by atoms with Crippen molar-refractivity contribution in [2.24, 2.45) is 5.10 Å². The first-order chi connectivity index (χ1) is 8.40. The molecule has 1 aromatic rings. The summed E-state index contributed by atoms with van der Waals surface area (Å²) in [5, 5.41) is 7.79. The number of hydrazone groups is 1. The molecule has 0 heterocycles. The van der Waals surface area contributed by atoms with Crippen LogP contribution in [0.25, 0.3) is 0 Å². The molecule has 0 unspecified atom stereocenters. The average molecular weight is 263 g/mol. The first-order valence-corrected chi connectivity index (χ1v) is 6.48. The molecule has 3 nitrogen and oxygen atoms in total. The van der Waals surface area contributed by atoms with Crippen LogP contribution < -0.4 is 10.7 Å². The Labute approximate surface area is 115 Å². The third-order valence-corrected chi connectivity index (χ3v) is 2.73. The molecule has 0 spiro atoms. The van der Waals surface area contributed by atoms with Gasteiger partial charge in [0.1, 0.15) is 0 Å². The topological polar surface area (TPSA) is 36.4 Å². The minimum absolute atomic E-state index is 0.308. The van der Waals surface area contributed by atoms with Crippen molar-refractivity contribution in [1.29, 1.82) is 0 Å². The van der Waals surface area contributed by atoms with Gasteiger partial charge in [-0.1, -0.05) is 17.7 Å². The zero-order chi connectivity index (χ0) is 13.7. The standard InChI is InChI=1S/C14H21N3S/c1-9(2)16-14(18)17-15-8-13-11(4)6-10(3)7-12(13)5/h6-9H,1-5H3,(H2,16,17,18). The Balaban J connectivity index is 2.71. The lowest BCUT2D eigenvalue weighted by Crippen LogP contribution is -2.36. The minimum atomic E-state index is 0.308. The van der Waals surface area contributed by atoms with Crippen LogP contribution in [0.2, 0.25) is 0 Å². The van der Waals surface area contributed by atoms with Crippen LogP contribution in [0.3, 0.4) is 0 Å². The van der Waals surface area contributed by atoms with Gasteiger partial charge in [0.2, 0.25) is 0 Å². The van der Waals surface area contributed by atoms with Gasteiger partial charge in [0.25, 0.3) is 0 Å². The monoisotopic (exact) mass is 263 g/mol. The van der Waals surface area contributed by atoms with Crippen molar-refractivity contribution in [2.45, 2.75) is 40.7 Å². The molecule has 0 aliphatic heterocycles. The van der Waals surface area contributed by atoms with Crippen LogP contribution in [0.15, 0.2) is 17.2 Å². The third kappa shape index (κ3) is 4.45. The summed E-state index contributed by atoms with van der Waals surface area (Å²) in [6, 6.07) is 4.61. The van der Waals surface area contributed by atoms with E-state index in [0.29, 0.717) is 11.2 Å². The summed E-state index contributed by atoms with van der Waals surface area (Å²) in [4.78, 5) is 0. The van der Waals surface area contributed by atoms with Crippen molar-refractivity contribution in [1.82, 2.24) is 10.7 Å². The van der Waals surface area contributed by atoms with E-state index < -0.39 is 0 Å². The van der Waals surface area contributed by atoms with E-state index in [1.807, 2.05) is 20.1 Å². The van der Waals surface area contributed by atoms with Crippen molar-refractivity contribution in [3.8, 4) is 0 Å². The molecule has 0 aromatic heterocycles. The van der Waals surface area contributed by atoms with E-state index >= 15 is 0 Å². The molecule has 1 rings (SSSR count). The molecular formula is C14H21N3S. The van der Waals surface area contributed by atoms with E-state index in [9.17, 15) is 0 Å². The van der Waals surface area contributed by atoms with Gasteiger partial charge >= 0.3 is 0 Å². The maximum Gasteiger partial charge on any atom is 0.187 e. The third-order valence-electron chi connectivity index (χ3n) is 2.52. The summed E-state index contributed by atoms with van der Waals surface area (Å²) in [6.07, 6.45) is 1.82. The molecule has 98 valence electrons. The fourth-order valence-electron chi connectivity index (χ4n) is 1.84. The number of nitrogens with one attached hydrogen (secondary N) is 2. The van der Waals surface area contributed by atoms with Crippen molar-refractivity contribution in [3.05, 3.63) is 34.4 Å². The summed E-state index contributed by atoms with van der Waals surface area (Å²) in [6.45, 7) is 10.3. The summed E-state index contributed by atoms with van der Waals surface area (Å²) in [5.41, 5.74) is 7.68. The smallest absolute Gasteiger partial charge is 0.187 e. The second kappa shape index (κ2) is 6.50. The van der Waals surface area contributed by atoms with Gasteiger partial charge in [0.15, 0.2) is 5.11 Å². The van der Waals surface area contributed by atoms with E-state index in [1.165, 1.54) is 16.7 Å². The molecule has 0 radical (unpaired) electrons. The predicted molar refractivity (Wildman–Crippen MR) is 82.3 cm³/mol. The van der Waals surface area contributed by atoms with Crippen LogP contribution in [-0.4, -0.2) is 17.4 Å². The van der Waals surface area contributed by atoms with Gasteiger partial charge in [0, 0.05) is 11.6 Å². The van der Waals surface area contributed by atoms with E-state index in [4.69, 9.17) is 12.2 Å². The van der Waals surface area contributed by atoms with E-state index in [1.54, 1.807) is 0 Å². The molecular weight excluding hydrogens is 242 g/mol. The Morgan fingerprint density at radius 2 is 1.78 bits per heavy atom. The van der Waals surface area contributed by atoms with Crippen LogP contribution >= 0.6 is 12.2 Å². The highest BCUT2D eigenvalue weighted by molar-refractivity contribution is 7.80. The van der Waals surface area contributed by atoms with Gasteiger partial charge < -0.3 is 5.32 Å². The molecule has 0 atom stereocenters. The quantitative estimate of drug-likeness (QED) is 0.500. The molecule has 18 heavy (non-hydrogen) atoms. The minimum Gasteiger partial charge on any atom is -0.359 e. The maximum atomic E-state index is 5.10. The summed E-state index contributed by atoms with van der Waals surface area (Å²) < 4.78 is 0. The lowest BCUT2D eigenvalue weighted by molar-refractivity contribution is 0.719. The molecule has 2 N–H and O–H groups in total. The SMILES string of the molecule is Cc1cc(C)c(C=NNC(=S)NC(C)C)c(C)c1. The predicted octanol–water partition coefficient (Wildman–Crippen LogP) is 2.82. The molecule has 0 saturated heterocycles. The Kier molecular flexibility index (Phi) is 5.28. The lowest BCUT2D eigenvalue weighted by Gasteiger charge is -2.10. The van der Waals surface area contributed by atoms with Crippen molar-refractivity contribution < 1.29 is 0 Å². The number of hydrogen-bond donors (Lipinski definition) is 2. The average Bonchev–Trinajstić information content (AvgIpc) is 2.20. The second-order valence-electron chi connectivity index (χ2n) is 4.81. The van der Waals surface area contributed by atoms with Gasteiger partial charge in [-0.2, -0.15) is 5.10 Å². The normalized spacial score (nSPS) is 11.0. The van der Waals surface area contributed by atoms with Crippen LogP contribution in [0.1, 0.15) is 36.1 Å². The Bertz CT molecular complexity index is 441. The number of thiocarbonyl (C=S) groups is 1. The number of hydrogen-bond acceptors (Lipinski definition) is 2. The molecule has 0 aliphatic carbocycles. The van der Waals surface area contributed by atoms with E-state index in [2.05, 4.69) is 48.7 Å². The first kappa shape index (κ1) is 14.6. The van der Waals surface area contributed by atoms with Crippen LogP contribution in [0.4, 0.5) is 0 Å². The summed E-state index contributed by atoms with van der Waals surface area (Å²) >= 11 is 5.10. The van der Waals surface area contributed by atoms with Gasteiger partial charge in [-0.05, 0) is 58.0 Å². The number of rotatable bonds is 3. The summed E-state index contributed by atoms with van der Waals surface area (Å²) in [7, 11) is 0. The Morgan fingerprint density at radius 3 is 2.28 bits per heavy atom. The fraction of sp³-hybridized carbons (Fsp3) is 0.429. The Hall–Kier alpha value is -1.42. The lowest BCUT2D eigenvalue weighted by atomic mass is 10.0. The van der Waals surface area contributed by atoms with Gasteiger partial charge in [-0.25, -0.2) is 0 Å². The molecule has 4 heteroatoms. The van der Waals surface area contributed by atoms with E-state index in [-0.39, 0.29) is 0 Å². The van der Waals surface area contributed by atoms with Crippen LogP contribution in [0.5, 0.6) is 0 Å². The molecule has 0 bridgehead atoms. The number of nitrogens with zero attached hydrogens (tertiary/aromatic N) is 1. The molecule has 1 aromatic carbocycles. The number of benzene rings is 1. The molecule has 0 amide bonds. The second-order valence-corrected chi connectivity index (χ2v) is 5.22. The summed E-state index contributed by atoms with van der Waals surface area (Å²) in [5.74, 6) is 0. The highest BCUT2D eigenvalue weighted by Gasteiger charge is 2.01. The largest absolute Gasteiger partial charge is 0.359 e. The maximum absolute atomic E-state index is 5.10. The van der Waals surface area contributed by atoms with Gasteiger partial charge in [-0.15, -0.1) is 0 Å². The Morgan fingerprint density at radius 1 is 1.22 bits per heavy atom. The van der Waals surface area contributed by atoms with Crippen molar-refractivity contribution in [3.63, 3.8) is 0 Å². The highest BCUT2D eigenvalue weighted by atomic mass is 32.1. The number of aryl methyl sites for hydroxylation is 3. The molecule has 0 fully saturated rings. The molecule has 0 saturated carbocycles. The zero-order valence-corrected chi connectivity index (χ0v) is 12.5. The molecule has 0 aliphatic rings. The first-order valence-electron chi connectivity index (χ1n) is 6.07. The highest BCUT2D eigenvalue weighted by Crippen LogP contribution is 2.13. The van der Waals surface area contributed by atoms with Crippen LogP contribution in [-0.2, 0) is 0 Å². The van der Waals surface area contributed by atoms with Crippen molar-refractivity contribution >= 4 is 23.5 Å². The van der Waals surface area contributed by atoms with Gasteiger partial charge in [0.05, 0.1) is 6.21 Å². The fourth-order valence-corrected chi connectivity index (χ4v) is 2.13. The van der Waals surface area contributed by atoms with Gasteiger partial charge in [-0.3, -0.25) is 5.43 Å². The van der Waals surface area contributed by atoms with Crippen LogP contribution in [0, 0.1) is 20.8 Å².